The van der Waals surface area contributed by atoms with Crippen molar-refractivity contribution in [3.63, 3.8) is 0 Å². The maximum Gasteiger partial charge on any atom is 0.273 e. The molecular formula is C30H32O7S2. The molecule has 0 amide bonds. The average Bonchev–Trinajstić information content (AvgIpc) is 3.09. The Balaban J connectivity index is 2.18. The van der Waals surface area contributed by atoms with Crippen LogP contribution in [0, 0.1) is 16.2 Å². The molecule has 206 valence electrons. The fourth-order valence-electron chi connectivity index (χ4n) is 9.10. The van der Waals surface area contributed by atoms with Crippen LogP contribution in [0.5, 0.6) is 0 Å². The van der Waals surface area contributed by atoms with E-state index in [1.165, 1.54) is 13.8 Å². The van der Waals surface area contributed by atoms with Gasteiger partial charge in [0.15, 0.2) is 0 Å². The van der Waals surface area contributed by atoms with Gasteiger partial charge >= 0.3 is 0 Å². The molecular weight excluding hydrogens is 536 g/mol. The Bertz CT molecular complexity index is 1610. The fraction of sp³-hybridized carbons (Fsp3) is 0.367. The van der Waals surface area contributed by atoms with Crippen LogP contribution in [-0.4, -0.2) is 42.2 Å². The van der Waals surface area contributed by atoms with Crippen LogP contribution in [0.2, 0.25) is 0 Å². The van der Waals surface area contributed by atoms with Gasteiger partial charge in [-0.2, -0.15) is 16.8 Å². The standard InChI is InChI=1S/C30H32O7S2/c1-26(2)25(31)28(20-38(32,33)34)24(21-14-8-5-9-15-21)29(22-16-10-6-11-17-22,23-18-12-7-13-19-23)30(26,27(28,3)4)39(35,36)37/h5-19,24H,20H2,1-4H3,(H,32,33,34)(H,35,36,37). The molecule has 2 bridgehead atoms. The number of hydrogen-bond acceptors (Lipinski definition) is 5. The molecule has 0 saturated heterocycles. The monoisotopic (exact) mass is 568 g/mol. The molecule has 0 aliphatic heterocycles. The van der Waals surface area contributed by atoms with E-state index < -0.39 is 64.1 Å². The van der Waals surface area contributed by atoms with E-state index in [1.54, 1.807) is 105 Å². The van der Waals surface area contributed by atoms with Crippen molar-refractivity contribution in [2.75, 3.05) is 5.75 Å². The van der Waals surface area contributed by atoms with Crippen molar-refractivity contribution in [2.45, 2.75) is 43.8 Å². The Hall–Kier alpha value is -2.85. The number of benzene rings is 3. The molecule has 5 rings (SSSR count). The van der Waals surface area contributed by atoms with Gasteiger partial charge in [0.1, 0.15) is 10.5 Å². The highest BCUT2D eigenvalue weighted by atomic mass is 32.2. The Morgan fingerprint density at radius 2 is 1.10 bits per heavy atom. The third-order valence-electron chi connectivity index (χ3n) is 9.72. The zero-order valence-electron chi connectivity index (χ0n) is 22.2. The quantitative estimate of drug-likeness (QED) is 0.405. The third kappa shape index (κ3) is 3.07. The van der Waals surface area contributed by atoms with E-state index in [-0.39, 0.29) is 0 Å². The van der Waals surface area contributed by atoms with Crippen LogP contribution < -0.4 is 0 Å². The highest BCUT2D eigenvalue weighted by Gasteiger charge is 2.95. The minimum Gasteiger partial charge on any atom is -0.298 e. The van der Waals surface area contributed by atoms with Crippen molar-refractivity contribution >= 4 is 26.0 Å². The first kappa shape index (κ1) is 27.7. The van der Waals surface area contributed by atoms with E-state index in [4.69, 9.17) is 0 Å². The van der Waals surface area contributed by atoms with Gasteiger partial charge in [-0.3, -0.25) is 13.9 Å². The molecule has 2 aliphatic carbocycles. The molecule has 3 atom stereocenters. The van der Waals surface area contributed by atoms with Crippen LogP contribution in [0.3, 0.4) is 0 Å². The highest BCUT2D eigenvalue weighted by molar-refractivity contribution is 7.87. The summed E-state index contributed by atoms with van der Waals surface area (Å²) in [5.74, 6) is -2.74. The van der Waals surface area contributed by atoms with Crippen molar-refractivity contribution in [1.82, 2.24) is 0 Å². The smallest absolute Gasteiger partial charge is 0.273 e. The largest absolute Gasteiger partial charge is 0.298 e. The Kier molecular flexibility index (Phi) is 5.92. The number of carbonyl (C=O) groups is 1. The molecule has 0 radical (unpaired) electrons. The lowest BCUT2D eigenvalue weighted by molar-refractivity contribution is -0.138. The lowest BCUT2D eigenvalue weighted by Gasteiger charge is -2.58. The molecule has 0 spiro atoms. The normalized spacial score (nSPS) is 28.9. The first-order valence-electron chi connectivity index (χ1n) is 12.7. The maximum atomic E-state index is 14.7. The molecule has 3 aromatic carbocycles. The van der Waals surface area contributed by atoms with Crippen LogP contribution in [-0.2, 0) is 30.4 Å². The summed E-state index contributed by atoms with van der Waals surface area (Å²) in [6.07, 6.45) is 0. The van der Waals surface area contributed by atoms with E-state index in [1.807, 2.05) is 0 Å². The van der Waals surface area contributed by atoms with Crippen LogP contribution in [0.1, 0.15) is 50.3 Å². The molecule has 2 aliphatic rings. The topological polar surface area (TPSA) is 126 Å². The summed E-state index contributed by atoms with van der Waals surface area (Å²) in [6.45, 7) is 6.03. The molecule has 3 unspecified atom stereocenters. The highest BCUT2D eigenvalue weighted by Crippen LogP contribution is 2.86. The van der Waals surface area contributed by atoms with E-state index in [0.717, 1.165) is 0 Å². The van der Waals surface area contributed by atoms with Gasteiger partial charge in [0, 0.05) is 16.7 Å². The second kappa shape index (κ2) is 8.33. The van der Waals surface area contributed by atoms with Crippen LogP contribution in [0.4, 0.5) is 0 Å². The van der Waals surface area contributed by atoms with Crippen molar-refractivity contribution < 1.29 is 30.7 Å². The van der Waals surface area contributed by atoms with Crippen molar-refractivity contribution in [1.29, 1.82) is 0 Å². The second-order valence-electron chi connectivity index (χ2n) is 11.8. The first-order valence-corrected chi connectivity index (χ1v) is 15.7. The Morgan fingerprint density at radius 1 is 0.692 bits per heavy atom. The summed E-state index contributed by atoms with van der Waals surface area (Å²) in [7, 11) is -9.99. The van der Waals surface area contributed by atoms with Crippen molar-refractivity contribution in [3.05, 3.63) is 108 Å². The minimum atomic E-state index is -5.16. The Morgan fingerprint density at radius 3 is 1.49 bits per heavy atom. The van der Waals surface area contributed by atoms with Crippen molar-refractivity contribution in [2.24, 2.45) is 16.2 Å². The molecule has 2 fully saturated rings. The number of rotatable bonds is 6. The Labute approximate surface area is 229 Å². The molecule has 0 heterocycles. The number of carbonyl (C=O) groups excluding carboxylic acids is 1. The van der Waals surface area contributed by atoms with Crippen LogP contribution in [0.25, 0.3) is 0 Å². The molecule has 2 saturated carbocycles. The molecule has 0 aromatic heterocycles. The van der Waals surface area contributed by atoms with E-state index in [9.17, 15) is 30.7 Å². The second-order valence-corrected chi connectivity index (χ2v) is 14.8. The van der Waals surface area contributed by atoms with Gasteiger partial charge < -0.3 is 0 Å². The number of ketones is 1. The molecule has 39 heavy (non-hydrogen) atoms. The van der Waals surface area contributed by atoms with Gasteiger partial charge in [-0.1, -0.05) is 119 Å². The van der Waals surface area contributed by atoms with E-state index in [2.05, 4.69) is 0 Å². The summed E-state index contributed by atoms with van der Waals surface area (Å²) in [5.41, 5.74) is -5.55. The maximum absolute atomic E-state index is 14.7. The summed E-state index contributed by atoms with van der Waals surface area (Å²) in [5, 5.41) is 0. The summed E-state index contributed by atoms with van der Waals surface area (Å²) >= 11 is 0. The predicted molar refractivity (Wildman–Crippen MR) is 149 cm³/mol. The van der Waals surface area contributed by atoms with Gasteiger partial charge in [0.2, 0.25) is 0 Å². The van der Waals surface area contributed by atoms with Crippen LogP contribution in [0.15, 0.2) is 91.0 Å². The SMILES string of the molecule is CC1(C)C(=O)C2(CS(=O)(=O)O)C(c3ccccc3)C(c3ccccc3)(c3ccccc3)C1(S(=O)(=O)O)C2(C)C. The van der Waals surface area contributed by atoms with Gasteiger partial charge in [0.05, 0.1) is 16.6 Å². The molecule has 9 heteroatoms. The van der Waals surface area contributed by atoms with Gasteiger partial charge in [-0.05, 0) is 16.7 Å². The zero-order valence-corrected chi connectivity index (χ0v) is 23.8. The number of fused-ring (bicyclic) bond motifs is 2. The number of Topliss-reactive ketones (excluding diaryl/α,β-unsaturated/α-hetero) is 1. The van der Waals surface area contributed by atoms with Gasteiger partial charge in [0.25, 0.3) is 20.2 Å². The van der Waals surface area contributed by atoms with Crippen molar-refractivity contribution in [3.8, 4) is 0 Å². The lowest BCUT2D eigenvalue weighted by Crippen LogP contribution is -2.69. The molecule has 7 nitrogen and oxygen atoms in total. The van der Waals surface area contributed by atoms with Gasteiger partial charge in [-0.25, -0.2) is 0 Å². The van der Waals surface area contributed by atoms with E-state index in [0.29, 0.717) is 16.7 Å². The summed E-state index contributed by atoms with van der Waals surface area (Å²) in [6, 6.07) is 26.3. The fourth-order valence-corrected chi connectivity index (χ4v) is 12.7. The minimum absolute atomic E-state index is 0.508. The van der Waals surface area contributed by atoms with Crippen LogP contribution >= 0.6 is 0 Å². The molecule has 3 aromatic rings. The summed E-state index contributed by atoms with van der Waals surface area (Å²) in [4.78, 5) is 14.7. The summed E-state index contributed by atoms with van der Waals surface area (Å²) < 4.78 is 73.8. The predicted octanol–water partition coefficient (Wildman–Crippen LogP) is 4.91. The average molecular weight is 569 g/mol. The lowest BCUT2D eigenvalue weighted by atomic mass is 9.48. The number of hydrogen-bond donors (Lipinski definition) is 2. The van der Waals surface area contributed by atoms with Gasteiger partial charge in [-0.15, -0.1) is 0 Å². The first-order chi connectivity index (χ1) is 18.0. The van der Waals surface area contributed by atoms with E-state index >= 15 is 0 Å². The third-order valence-corrected chi connectivity index (χ3v) is 12.7. The zero-order chi connectivity index (χ0) is 28.7. The molecule has 2 N–H and O–H groups in total.